The minimum absolute atomic E-state index is 0.687. The largest absolute Gasteiger partial charge is 0.480 e. The highest BCUT2D eigenvalue weighted by molar-refractivity contribution is 5.78. The van der Waals surface area contributed by atoms with Crippen LogP contribution in [0.3, 0.4) is 0 Å². The fraction of sp³-hybridized carbons (Fsp3) is 0.923. The van der Waals surface area contributed by atoms with Gasteiger partial charge in [0, 0.05) is 26.2 Å². The van der Waals surface area contributed by atoms with E-state index in [1.807, 2.05) is 0 Å². The number of hydrogen-bond donors (Lipinski definition) is 2. The molecule has 0 bridgehead atoms. The average Bonchev–Trinajstić information content (AvgIpc) is 2.36. The average molecular weight is 257 g/mol. The molecule has 1 rings (SSSR count). The molecule has 1 fully saturated rings. The van der Waals surface area contributed by atoms with Gasteiger partial charge in [0.1, 0.15) is 5.54 Å². The predicted molar refractivity (Wildman–Crippen MR) is 72.9 cm³/mol. The summed E-state index contributed by atoms with van der Waals surface area (Å²) in [5, 5.41) is 12.0. The van der Waals surface area contributed by atoms with Gasteiger partial charge in [-0.2, -0.15) is 0 Å². The van der Waals surface area contributed by atoms with Crippen molar-refractivity contribution in [2.75, 3.05) is 46.8 Å². The van der Waals surface area contributed by atoms with Gasteiger partial charge in [0.2, 0.25) is 0 Å². The third kappa shape index (κ3) is 4.55. The van der Waals surface area contributed by atoms with E-state index in [2.05, 4.69) is 22.2 Å². The molecule has 106 valence electrons. The lowest BCUT2D eigenvalue weighted by Gasteiger charge is -2.32. The Morgan fingerprint density at radius 1 is 1.28 bits per heavy atom. The summed E-state index contributed by atoms with van der Waals surface area (Å²) in [5.41, 5.74) is -0.776. The highest BCUT2D eigenvalue weighted by Gasteiger charge is 2.30. The Hall–Kier alpha value is -0.650. The zero-order valence-electron chi connectivity index (χ0n) is 11.9. The van der Waals surface area contributed by atoms with Crippen molar-refractivity contribution in [3.8, 4) is 0 Å². The highest BCUT2D eigenvalue weighted by atomic mass is 16.4. The molecule has 5 heteroatoms. The molecule has 0 aromatic heterocycles. The smallest absolute Gasteiger partial charge is 0.323 e. The van der Waals surface area contributed by atoms with Crippen LogP contribution in [0.4, 0.5) is 0 Å². The summed E-state index contributed by atoms with van der Waals surface area (Å²) in [6, 6.07) is 0. The van der Waals surface area contributed by atoms with Crippen LogP contribution in [0.1, 0.15) is 26.2 Å². The van der Waals surface area contributed by atoms with Crippen molar-refractivity contribution >= 4 is 5.97 Å². The first-order valence-corrected chi connectivity index (χ1v) is 6.81. The molecule has 1 saturated heterocycles. The van der Waals surface area contributed by atoms with Crippen molar-refractivity contribution in [2.24, 2.45) is 0 Å². The molecule has 0 aliphatic carbocycles. The van der Waals surface area contributed by atoms with Gasteiger partial charge in [-0.1, -0.05) is 0 Å². The van der Waals surface area contributed by atoms with Crippen LogP contribution in [-0.4, -0.2) is 73.2 Å². The van der Waals surface area contributed by atoms with Gasteiger partial charge in [0.25, 0.3) is 0 Å². The van der Waals surface area contributed by atoms with E-state index >= 15 is 0 Å². The topological polar surface area (TPSA) is 55.8 Å². The summed E-state index contributed by atoms with van der Waals surface area (Å²) in [6.07, 6.45) is 2.72. The molecule has 1 aliphatic heterocycles. The van der Waals surface area contributed by atoms with Crippen LogP contribution in [0.5, 0.6) is 0 Å². The number of carboxylic acids is 1. The van der Waals surface area contributed by atoms with Crippen molar-refractivity contribution in [3.05, 3.63) is 0 Å². The number of nitrogens with one attached hydrogen (secondary N) is 1. The summed E-state index contributed by atoms with van der Waals surface area (Å²) in [5.74, 6) is -0.760. The van der Waals surface area contributed by atoms with Crippen LogP contribution in [0.25, 0.3) is 0 Å². The molecule has 1 heterocycles. The lowest BCUT2D eigenvalue weighted by atomic mass is 9.95. The SMILES string of the molecule is CNC(C)(CCCCN1CCN(C)CC1)C(=O)O. The normalized spacial score (nSPS) is 21.7. The summed E-state index contributed by atoms with van der Waals surface area (Å²) in [7, 11) is 3.87. The highest BCUT2D eigenvalue weighted by Crippen LogP contribution is 2.14. The van der Waals surface area contributed by atoms with E-state index in [0.29, 0.717) is 6.42 Å². The van der Waals surface area contributed by atoms with Gasteiger partial charge in [0.05, 0.1) is 0 Å². The van der Waals surface area contributed by atoms with E-state index in [-0.39, 0.29) is 0 Å². The van der Waals surface area contributed by atoms with E-state index < -0.39 is 11.5 Å². The number of carboxylic acid groups (broad SMARTS) is 1. The van der Waals surface area contributed by atoms with Crippen LogP contribution in [0.2, 0.25) is 0 Å². The van der Waals surface area contributed by atoms with Crippen molar-refractivity contribution in [1.29, 1.82) is 0 Å². The third-order valence-corrected chi connectivity index (χ3v) is 4.02. The van der Waals surface area contributed by atoms with Crippen molar-refractivity contribution in [3.63, 3.8) is 0 Å². The molecular weight excluding hydrogens is 230 g/mol. The number of likely N-dealkylation sites (N-methyl/N-ethyl adjacent to an activating group) is 2. The first-order valence-electron chi connectivity index (χ1n) is 6.81. The molecule has 0 aromatic carbocycles. The summed E-state index contributed by atoms with van der Waals surface area (Å²) in [4.78, 5) is 15.9. The number of hydrogen-bond acceptors (Lipinski definition) is 4. The molecule has 18 heavy (non-hydrogen) atoms. The van der Waals surface area contributed by atoms with Gasteiger partial charge in [-0.05, 0) is 46.8 Å². The van der Waals surface area contributed by atoms with Gasteiger partial charge < -0.3 is 20.2 Å². The maximum atomic E-state index is 11.1. The van der Waals surface area contributed by atoms with Gasteiger partial charge in [0.15, 0.2) is 0 Å². The van der Waals surface area contributed by atoms with E-state index in [9.17, 15) is 4.79 Å². The molecule has 0 amide bonds. The number of aliphatic carboxylic acids is 1. The van der Waals surface area contributed by atoms with Gasteiger partial charge in [-0.25, -0.2) is 0 Å². The van der Waals surface area contributed by atoms with E-state index in [1.54, 1.807) is 14.0 Å². The first kappa shape index (κ1) is 15.4. The predicted octanol–water partition coefficient (Wildman–Crippen LogP) is 0.467. The summed E-state index contributed by atoms with van der Waals surface area (Å²) in [6.45, 7) is 7.41. The molecule has 1 atom stereocenters. The second kappa shape index (κ2) is 7.07. The first-order chi connectivity index (χ1) is 8.48. The Bertz CT molecular complexity index is 265. The molecule has 2 N–H and O–H groups in total. The maximum absolute atomic E-state index is 11.1. The molecule has 1 unspecified atom stereocenters. The molecule has 0 saturated carbocycles. The van der Waals surface area contributed by atoms with Crippen LogP contribution in [-0.2, 0) is 4.79 Å². The molecular formula is C13H27N3O2. The van der Waals surface area contributed by atoms with Crippen LogP contribution in [0.15, 0.2) is 0 Å². The molecule has 0 spiro atoms. The Labute approximate surface area is 110 Å². The number of nitrogens with zero attached hydrogens (tertiary/aromatic N) is 2. The van der Waals surface area contributed by atoms with Crippen LogP contribution in [0, 0.1) is 0 Å². The minimum Gasteiger partial charge on any atom is -0.480 e. The number of unbranched alkanes of at least 4 members (excludes halogenated alkanes) is 1. The number of rotatable bonds is 7. The number of piperazine rings is 1. The minimum atomic E-state index is -0.776. The Balaban J connectivity index is 2.16. The van der Waals surface area contributed by atoms with Crippen LogP contribution < -0.4 is 5.32 Å². The second-order valence-corrected chi connectivity index (χ2v) is 5.49. The van der Waals surface area contributed by atoms with Gasteiger partial charge >= 0.3 is 5.97 Å². The lowest BCUT2D eigenvalue weighted by Crippen LogP contribution is -2.47. The lowest BCUT2D eigenvalue weighted by molar-refractivity contribution is -0.144. The van der Waals surface area contributed by atoms with Gasteiger partial charge in [-0.3, -0.25) is 4.79 Å². The maximum Gasteiger partial charge on any atom is 0.323 e. The summed E-state index contributed by atoms with van der Waals surface area (Å²) < 4.78 is 0. The molecule has 0 aromatic rings. The van der Waals surface area contributed by atoms with Crippen molar-refractivity contribution in [1.82, 2.24) is 15.1 Å². The summed E-state index contributed by atoms with van der Waals surface area (Å²) >= 11 is 0. The van der Waals surface area contributed by atoms with E-state index in [1.165, 1.54) is 0 Å². The van der Waals surface area contributed by atoms with Crippen molar-refractivity contribution < 1.29 is 9.90 Å². The molecule has 5 nitrogen and oxygen atoms in total. The second-order valence-electron chi connectivity index (χ2n) is 5.49. The monoisotopic (exact) mass is 257 g/mol. The third-order valence-electron chi connectivity index (χ3n) is 4.02. The molecule has 1 aliphatic rings. The van der Waals surface area contributed by atoms with Crippen molar-refractivity contribution in [2.45, 2.75) is 31.7 Å². The Morgan fingerprint density at radius 2 is 1.89 bits per heavy atom. The van der Waals surface area contributed by atoms with E-state index in [0.717, 1.165) is 45.6 Å². The number of carbonyl (C=O) groups is 1. The van der Waals surface area contributed by atoms with E-state index in [4.69, 9.17) is 5.11 Å². The standard InChI is InChI=1S/C13H27N3O2/c1-13(14-2,12(17)18)6-4-5-7-16-10-8-15(3)9-11-16/h14H,4-11H2,1-3H3,(H,17,18). The Kier molecular flexibility index (Phi) is 6.05. The fourth-order valence-electron chi connectivity index (χ4n) is 2.22. The van der Waals surface area contributed by atoms with Crippen LogP contribution >= 0.6 is 0 Å². The molecule has 0 radical (unpaired) electrons. The quantitative estimate of drug-likeness (QED) is 0.649. The zero-order chi connectivity index (χ0) is 13.6. The Morgan fingerprint density at radius 3 is 2.39 bits per heavy atom. The zero-order valence-corrected chi connectivity index (χ0v) is 11.9. The fourth-order valence-corrected chi connectivity index (χ4v) is 2.22. The van der Waals surface area contributed by atoms with Gasteiger partial charge in [-0.15, -0.1) is 0 Å².